The van der Waals surface area contributed by atoms with Crippen LogP contribution in [0.25, 0.3) is 0 Å². The number of nitro groups is 1. The van der Waals surface area contributed by atoms with Crippen molar-refractivity contribution in [2.75, 3.05) is 19.0 Å². The summed E-state index contributed by atoms with van der Waals surface area (Å²) in [5, 5.41) is 13.7. The van der Waals surface area contributed by atoms with Crippen LogP contribution in [0.4, 0.5) is 11.4 Å². The molecule has 2 aromatic carbocycles. The molecule has 132 valence electrons. The number of hydrogen-bond acceptors (Lipinski definition) is 5. The van der Waals surface area contributed by atoms with Gasteiger partial charge in [-0.05, 0) is 42.3 Å². The molecule has 0 unspecified atom stereocenters. The largest absolute Gasteiger partial charge is 0.496 e. The van der Waals surface area contributed by atoms with E-state index in [1.54, 1.807) is 30.3 Å². The van der Waals surface area contributed by atoms with Gasteiger partial charge in [0.2, 0.25) is 0 Å². The first-order valence-electron chi connectivity index (χ1n) is 7.77. The number of methoxy groups -OCH3 is 1. The van der Waals surface area contributed by atoms with Crippen LogP contribution in [0.3, 0.4) is 0 Å². The highest BCUT2D eigenvalue weighted by atomic mass is 16.6. The Morgan fingerprint density at radius 3 is 2.36 bits per heavy atom. The van der Waals surface area contributed by atoms with Crippen LogP contribution >= 0.6 is 0 Å². The van der Waals surface area contributed by atoms with Crippen molar-refractivity contribution in [2.24, 2.45) is 5.92 Å². The van der Waals surface area contributed by atoms with Crippen LogP contribution in [-0.2, 0) is 0 Å². The third-order valence-corrected chi connectivity index (χ3v) is 3.35. The van der Waals surface area contributed by atoms with Gasteiger partial charge in [-0.1, -0.05) is 13.8 Å². The monoisotopic (exact) mass is 344 g/mol. The molecule has 25 heavy (non-hydrogen) atoms. The molecule has 0 aliphatic carbocycles. The van der Waals surface area contributed by atoms with Crippen LogP contribution in [0.5, 0.6) is 11.5 Å². The number of amides is 1. The number of carbonyl (C=O) groups excluding carboxylic acids is 1. The highest BCUT2D eigenvalue weighted by Gasteiger charge is 2.18. The molecule has 1 amide bonds. The van der Waals surface area contributed by atoms with Gasteiger partial charge in [0, 0.05) is 5.56 Å². The topological polar surface area (TPSA) is 90.7 Å². The average molecular weight is 344 g/mol. The molecular formula is C18H20N2O5. The molecule has 0 atom stereocenters. The Kier molecular flexibility index (Phi) is 5.94. The predicted octanol–water partition coefficient (Wildman–Crippen LogP) is 3.89. The van der Waals surface area contributed by atoms with Gasteiger partial charge in [-0.3, -0.25) is 14.9 Å². The van der Waals surface area contributed by atoms with Gasteiger partial charge in [0.05, 0.1) is 24.7 Å². The van der Waals surface area contributed by atoms with Crippen LogP contribution in [0.2, 0.25) is 0 Å². The van der Waals surface area contributed by atoms with Crippen molar-refractivity contribution in [3.63, 3.8) is 0 Å². The normalized spacial score (nSPS) is 10.4. The molecule has 0 bridgehead atoms. The number of hydrogen-bond donors (Lipinski definition) is 1. The maximum absolute atomic E-state index is 12.3. The van der Waals surface area contributed by atoms with Crippen molar-refractivity contribution in [1.29, 1.82) is 0 Å². The molecule has 0 aliphatic heterocycles. The Morgan fingerprint density at radius 2 is 1.80 bits per heavy atom. The van der Waals surface area contributed by atoms with Gasteiger partial charge in [0.1, 0.15) is 17.2 Å². The fourth-order valence-corrected chi connectivity index (χ4v) is 2.06. The van der Waals surface area contributed by atoms with Gasteiger partial charge in [0.15, 0.2) is 0 Å². The van der Waals surface area contributed by atoms with E-state index in [0.717, 1.165) is 0 Å². The summed E-state index contributed by atoms with van der Waals surface area (Å²) in [7, 11) is 1.42. The molecule has 7 nitrogen and oxygen atoms in total. The second-order valence-electron chi connectivity index (χ2n) is 5.82. The molecule has 0 aromatic heterocycles. The molecule has 2 rings (SSSR count). The number of nitrogens with zero attached hydrogens (tertiary/aromatic N) is 1. The smallest absolute Gasteiger partial charge is 0.296 e. The second-order valence-corrected chi connectivity index (χ2v) is 5.82. The van der Waals surface area contributed by atoms with E-state index in [4.69, 9.17) is 9.47 Å². The van der Waals surface area contributed by atoms with Gasteiger partial charge >= 0.3 is 0 Å². The number of nitrogens with one attached hydrogen (secondary N) is 1. The first-order chi connectivity index (χ1) is 11.9. The molecule has 0 aliphatic rings. The maximum Gasteiger partial charge on any atom is 0.296 e. The molecule has 1 N–H and O–H groups in total. The number of carbonyl (C=O) groups is 1. The minimum atomic E-state index is -0.568. The average Bonchev–Trinajstić information content (AvgIpc) is 2.60. The zero-order chi connectivity index (χ0) is 18.4. The molecular weight excluding hydrogens is 324 g/mol. The van der Waals surface area contributed by atoms with Crippen molar-refractivity contribution in [2.45, 2.75) is 13.8 Å². The highest BCUT2D eigenvalue weighted by molar-refractivity contribution is 6.05. The van der Waals surface area contributed by atoms with E-state index in [1.165, 1.54) is 19.2 Å². The Morgan fingerprint density at radius 1 is 1.16 bits per heavy atom. The Bertz CT molecular complexity index is 757. The van der Waals surface area contributed by atoms with E-state index in [2.05, 4.69) is 5.32 Å². The zero-order valence-corrected chi connectivity index (χ0v) is 14.3. The number of ether oxygens (including phenoxy) is 2. The van der Waals surface area contributed by atoms with Crippen LogP contribution in [0, 0.1) is 16.0 Å². The van der Waals surface area contributed by atoms with Crippen LogP contribution in [0.15, 0.2) is 42.5 Å². The van der Waals surface area contributed by atoms with Gasteiger partial charge in [-0.25, -0.2) is 0 Å². The van der Waals surface area contributed by atoms with Gasteiger partial charge in [-0.15, -0.1) is 0 Å². The third kappa shape index (κ3) is 4.94. The van der Waals surface area contributed by atoms with Crippen molar-refractivity contribution in [3.05, 3.63) is 58.1 Å². The molecule has 0 saturated heterocycles. The van der Waals surface area contributed by atoms with E-state index in [0.29, 0.717) is 29.6 Å². The predicted molar refractivity (Wildman–Crippen MR) is 94.4 cm³/mol. The van der Waals surface area contributed by atoms with E-state index >= 15 is 0 Å². The van der Waals surface area contributed by atoms with Crippen LogP contribution in [0.1, 0.15) is 24.2 Å². The molecule has 0 spiro atoms. The van der Waals surface area contributed by atoms with E-state index in [9.17, 15) is 14.9 Å². The number of rotatable bonds is 7. The molecule has 0 saturated carbocycles. The summed E-state index contributed by atoms with van der Waals surface area (Å²) >= 11 is 0. The summed E-state index contributed by atoms with van der Waals surface area (Å²) in [4.78, 5) is 22.9. The molecule has 0 fully saturated rings. The van der Waals surface area contributed by atoms with Crippen LogP contribution < -0.4 is 14.8 Å². The SMILES string of the molecule is COc1ccc(NC(=O)c2ccc(OCC(C)C)cc2)c([N+](=O)[O-])c1. The lowest BCUT2D eigenvalue weighted by Gasteiger charge is -2.10. The summed E-state index contributed by atoms with van der Waals surface area (Å²) in [6.07, 6.45) is 0. The Balaban J connectivity index is 2.13. The van der Waals surface area contributed by atoms with Crippen molar-refractivity contribution in [1.82, 2.24) is 0 Å². The third-order valence-electron chi connectivity index (χ3n) is 3.35. The van der Waals surface area contributed by atoms with Gasteiger partial charge in [0.25, 0.3) is 11.6 Å². The molecule has 0 radical (unpaired) electrons. The Hall–Kier alpha value is -3.09. The number of anilines is 1. The molecule has 0 heterocycles. The highest BCUT2D eigenvalue weighted by Crippen LogP contribution is 2.29. The van der Waals surface area contributed by atoms with Gasteiger partial charge < -0.3 is 14.8 Å². The van der Waals surface area contributed by atoms with Crippen molar-refractivity contribution in [3.8, 4) is 11.5 Å². The van der Waals surface area contributed by atoms with E-state index in [1.807, 2.05) is 13.8 Å². The maximum atomic E-state index is 12.3. The first kappa shape index (κ1) is 18.3. The summed E-state index contributed by atoms with van der Waals surface area (Å²) in [5.74, 6) is 0.972. The summed E-state index contributed by atoms with van der Waals surface area (Å²) in [6, 6.07) is 10.9. The van der Waals surface area contributed by atoms with Gasteiger partial charge in [-0.2, -0.15) is 0 Å². The van der Waals surface area contributed by atoms with Crippen molar-refractivity contribution < 1.29 is 19.2 Å². The molecule has 7 heteroatoms. The molecule has 2 aromatic rings. The summed E-state index contributed by atoms with van der Waals surface area (Å²) in [6.45, 7) is 4.68. The van der Waals surface area contributed by atoms with E-state index in [-0.39, 0.29) is 11.4 Å². The zero-order valence-electron chi connectivity index (χ0n) is 14.3. The summed E-state index contributed by atoms with van der Waals surface area (Å²) < 4.78 is 10.5. The van der Waals surface area contributed by atoms with Crippen LogP contribution in [-0.4, -0.2) is 24.5 Å². The van der Waals surface area contributed by atoms with E-state index < -0.39 is 10.8 Å². The summed E-state index contributed by atoms with van der Waals surface area (Å²) in [5.41, 5.74) is 0.252. The fraction of sp³-hybridized carbons (Fsp3) is 0.278. The lowest BCUT2D eigenvalue weighted by molar-refractivity contribution is -0.384. The minimum absolute atomic E-state index is 0.107. The van der Waals surface area contributed by atoms with Crippen molar-refractivity contribution >= 4 is 17.3 Å². The fourth-order valence-electron chi connectivity index (χ4n) is 2.06. The lowest BCUT2D eigenvalue weighted by Crippen LogP contribution is -2.13. The minimum Gasteiger partial charge on any atom is -0.496 e. The number of nitro benzene ring substituents is 1. The Labute approximate surface area is 145 Å². The number of benzene rings is 2. The first-order valence-corrected chi connectivity index (χ1v) is 7.77. The quantitative estimate of drug-likeness (QED) is 0.608. The standard InChI is InChI=1S/C18H20N2O5/c1-12(2)11-25-14-6-4-13(5-7-14)18(21)19-16-9-8-15(24-3)10-17(16)20(22)23/h4-10,12H,11H2,1-3H3,(H,19,21). The lowest BCUT2D eigenvalue weighted by atomic mass is 10.2. The second kappa shape index (κ2) is 8.14.